The van der Waals surface area contributed by atoms with Crippen molar-refractivity contribution in [2.75, 3.05) is 20.0 Å². The van der Waals surface area contributed by atoms with Gasteiger partial charge in [0.2, 0.25) is 0 Å². The molecule has 1 aromatic rings. The maximum absolute atomic E-state index is 12.6. The summed E-state index contributed by atoms with van der Waals surface area (Å²) >= 11 is 1.15. The van der Waals surface area contributed by atoms with E-state index < -0.39 is 50.1 Å². The summed E-state index contributed by atoms with van der Waals surface area (Å²) in [5, 5.41) is 22.6. The van der Waals surface area contributed by atoms with Crippen LogP contribution in [0.25, 0.3) is 0 Å². The summed E-state index contributed by atoms with van der Waals surface area (Å²) in [4.78, 5) is 22.3. The highest BCUT2D eigenvalue weighted by atomic mass is 32.2. The fraction of sp³-hybridized carbons (Fsp3) is 0.562. The van der Waals surface area contributed by atoms with E-state index in [-0.39, 0.29) is 0 Å². The lowest BCUT2D eigenvalue weighted by Crippen LogP contribution is -2.64. The Balaban J connectivity index is 2.30. The predicted molar refractivity (Wildman–Crippen MR) is 99.4 cm³/mol. The lowest BCUT2D eigenvalue weighted by atomic mass is 9.96. The van der Waals surface area contributed by atoms with Gasteiger partial charge in [-0.15, -0.1) is 11.8 Å². The Labute approximate surface area is 161 Å². The molecule has 0 aromatic heterocycles. The van der Waals surface area contributed by atoms with E-state index >= 15 is 0 Å². The molecule has 0 spiro atoms. The molecule has 6 atom stereocenters. The number of benzene rings is 1. The van der Waals surface area contributed by atoms with Crippen LogP contribution in [-0.4, -0.2) is 70.8 Å². The van der Waals surface area contributed by atoms with E-state index in [9.17, 15) is 24.5 Å². The number of phosphoric ester groups is 1. The molecule has 0 saturated carbocycles. The van der Waals surface area contributed by atoms with E-state index in [1.807, 2.05) is 6.92 Å². The van der Waals surface area contributed by atoms with Crippen LogP contribution in [0.15, 0.2) is 24.3 Å². The molecule has 4 N–H and O–H groups in total. The number of nitrogens with one attached hydrogen (secondary N) is 1. The minimum Gasteiger partial charge on any atom is -0.394 e. The van der Waals surface area contributed by atoms with Crippen LogP contribution < -0.4 is 5.32 Å². The van der Waals surface area contributed by atoms with Crippen molar-refractivity contribution in [3.05, 3.63) is 35.4 Å². The first-order chi connectivity index (χ1) is 12.7. The van der Waals surface area contributed by atoms with Crippen LogP contribution in [0.3, 0.4) is 0 Å². The average Bonchev–Trinajstić information content (AvgIpc) is 2.65. The lowest BCUT2D eigenvalue weighted by molar-refractivity contribution is -0.161. The molecule has 1 saturated heterocycles. The summed E-state index contributed by atoms with van der Waals surface area (Å²) < 4.78 is 27.0. The first kappa shape index (κ1) is 22.3. The number of aliphatic hydroxyl groups is 2. The van der Waals surface area contributed by atoms with Gasteiger partial charge in [-0.05, 0) is 25.3 Å². The van der Waals surface area contributed by atoms with Crippen molar-refractivity contribution in [1.29, 1.82) is 0 Å². The standard InChI is InChI=1S/C16H24NO8PS/c1-9-4-6-10(7-5-9)15(20)17-12-13(19)11(8-18)24-16(27-3)14(12)25-26(21,22)23-2/h4-7,11-14,16,18-19H,8H2,1-3H3,(H,17,20)(H,21,22)/t11-,12+,13+,14-,16+/m1/s1. The van der Waals surface area contributed by atoms with Crippen molar-refractivity contribution >= 4 is 25.5 Å². The topological polar surface area (TPSA) is 135 Å². The summed E-state index contributed by atoms with van der Waals surface area (Å²) in [5.41, 5.74) is 0.491. The number of hydrogen-bond donors (Lipinski definition) is 4. The van der Waals surface area contributed by atoms with Crippen molar-refractivity contribution < 1.29 is 38.3 Å². The second-order valence-corrected chi connectivity index (χ2v) is 8.49. The Kier molecular flexibility index (Phi) is 7.84. The molecule has 1 aliphatic rings. The van der Waals surface area contributed by atoms with E-state index in [4.69, 9.17) is 9.26 Å². The molecule has 1 heterocycles. The van der Waals surface area contributed by atoms with Gasteiger partial charge in [-0.1, -0.05) is 17.7 Å². The summed E-state index contributed by atoms with van der Waals surface area (Å²) in [6.45, 7) is 1.38. The maximum atomic E-state index is 12.6. The Morgan fingerprint density at radius 2 is 2.00 bits per heavy atom. The molecule has 2 rings (SSSR count). The minimum atomic E-state index is -4.42. The molecule has 0 bridgehead atoms. The normalized spacial score (nSPS) is 30.5. The summed E-state index contributed by atoms with van der Waals surface area (Å²) in [7, 11) is -3.42. The molecule has 1 aliphatic heterocycles. The SMILES string of the molecule is COP(=O)(O)O[C@@H]1[C@@H](NC(=O)c2ccc(C)cc2)[C@@H](O)[C@@H](CO)O[C@H]1SC. The van der Waals surface area contributed by atoms with Gasteiger partial charge in [0.1, 0.15) is 23.7 Å². The highest BCUT2D eigenvalue weighted by molar-refractivity contribution is 7.99. The minimum absolute atomic E-state index is 0.346. The second kappa shape index (κ2) is 9.49. The van der Waals surface area contributed by atoms with Crippen LogP contribution >= 0.6 is 19.6 Å². The molecule has 0 aliphatic carbocycles. The first-order valence-corrected chi connectivity index (χ1v) is 10.9. The summed E-state index contributed by atoms with van der Waals surface area (Å²) in [6, 6.07) is 5.65. The van der Waals surface area contributed by atoms with Gasteiger partial charge in [-0.3, -0.25) is 13.8 Å². The molecule has 9 nitrogen and oxygen atoms in total. The van der Waals surface area contributed by atoms with Crippen molar-refractivity contribution in [2.24, 2.45) is 0 Å². The second-order valence-electron chi connectivity index (χ2n) is 6.04. The van der Waals surface area contributed by atoms with Gasteiger partial charge in [0.05, 0.1) is 12.6 Å². The van der Waals surface area contributed by atoms with E-state index in [1.54, 1.807) is 30.5 Å². The van der Waals surface area contributed by atoms with Crippen molar-refractivity contribution in [3.63, 3.8) is 0 Å². The van der Waals surface area contributed by atoms with Crippen LogP contribution in [0.4, 0.5) is 0 Å². The Bertz CT molecular complexity index is 688. The van der Waals surface area contributed by atoms with E-state index in [0.29, 0.717) is 5.56 Å². The zero-order valence-corrected chi connectivity index (χ0v) is 16.9. The van der Waals surface area contributed by atoms with Gasteiger partial charge in [-0.25, -0.2) is 4.57 Å². The molecule has 11 heteroatoms. The average molecular weight is 421 g/mol. The smallest absolute Gasteiger partial charge is 0.394 e. The fourth-order valence-corrected chi connectivity index (χ4v) is 4.15. The largest absolute Gasteiger partial charge is 0.472 e. The third-order valence-corrected chi connectivity index (χ3v) is 6.00. The number of hydrogen-bond acceptors (Lipinski definition) is 8. The number of rotatable bonds is 7. The predicted octanol–water partition coefficient (Wildman–Crippen LogP) is 0.667. The van der Waals surface area contributed by atoms with Gasteiger partial charge in [-0.2, -0.15) is 0 Å². The molecule has 0 radical (unpaired) electrons. The lowest BCUT2D eigenvalue weighted by Gasteiger charge is -2.43. The van der Waals surface area contributed by atoms with Crippen LogP contribution in [0.2, 0.25) is 0 Å². The molecular formula is C16H24NO8PS. The van der Waals surface area contributed by atoms with Gasteiger partial charge >= 0.3 is 7.82 Å². The molecule has 152 valence electrons. The van der Waals surface area contributed by atoms with E-state index in [2.05, 4.69) is 9.84 Å². The molecular weight excluding hydrogens is 397 g/mol. The van der Waals surface area contributed by atoms with Crippen molar-refractivity contribution in [3.8, 4) is 0 Å². The Morgan fingerprint density at radius 3 is 2.52 bits per heavy atom. The van der Waals surface area contributed by atoms with Gasteiger partial charge in [0, 0.05) is 12.7 Å². The maximum Gasteiger partial charge on any atom is 0.472 e. The third-order valence-electron chi connectivity index (χ3n) is 4.19. The summed E-state index contributed by atoms with van der Waals surface area (Å²) in [5.74, 6) is -0.503. The molecule has 1 amide bonds. The number of phosphoric acid groups is 1. The number of ether oxygens (including phenoxy) is 1. The first-order valence-electron chi connectivity index (χ1n) is 8.14. The number of carbonyl (C=O) groups is 1. The molecule has 27 heavy (non-hydrogen) atoms. The van der Waals surface area contributed by atoms with Crippen LogP contribution in [0, 0.1) is 6.92 Å². The quantitative estimate of drug-likeness (QED) is 0.469. The molecule has 1 aromatic carbocycles. The van der Waals surface area contributed by atoms with Crippen LogP contribution in [0.5, 0.6) is 0 Å². The number of aliphatic hydroxyl groups excluding tert-OH is 2. The third kappa shape index (κ3) is 5.52. The number of thioether (sulfide) groups is 1. The highest BCUT2D eigenvalue weighted by Crippen LogP contribution is 2.47. The van der Waals surface area contributed by atoms with Gasteiger partial charge in [0.15, 0.2) is 0 Å². The highest BCUT2D eigenvalue weighted by Gasteiger charge is 2.49. The van der Waals surface area contributed by atoms with Gasteiger partial charge in [0.25, 0.3) is 5.91 Å². The van der Waals surface area contributed by atoms with E-state index in [0.717, 1.165) is 24.4 Å². The number of carbonyl (C=O) groups excluding carboxylic acids is 1. The van der Waals surface area contributed by atoms with Crippen molar-refractivity contribution in [2.45, 2.75) is 36.7 Å². The zero-order chi connectivity index (χ0) is 20.2. The van der Waals surface area contributed by atoms with Crippen molar-refractivity contribution in [1.82, 2.24) is 5.32 Å². The zero-order valence-electron chi connectivity index (χ0n) is 15.1. The number of aryl methyl sites for hydroxylation is 1. The Morgan fingerprint density at radius 1 is 1.37 bits per heavy atom. The molecule has 1 unspecified atom stereocenters. The van der Waals surface area contributed by atoms with Crippen LogP contribution in [-0.2, 0) is 18.3 Å². The number of amides is 1. The Hall–Kier alpha value is -0.970. The van der Waals surface area contributed by atoms with E-state index in [1.165, 1.54) is 0 Å². The van der Waals surface area contributed by atoms with Gasteiger partial charge < -0.3 is 25.2 Å². The fourth-order valence-electron chi connectivity index (χ4n) is 2.69. The van der Waals surface area contributed by atoms with Crippen LogP contribution in [0.1, 0.15) is 15.9 Å². The molecule has 1 fully saturated rings. The summed E-state index contributed by atoms with van der Waals surface area (Å²) in [6.07, 6.45) is -1.88. The monoisotopic (exact) mass is 421 g/mol.